The van der Waals surface area contributed by atoms with E-state index < -0.39 is 5.97 Å². The smallest absolute Gasteiger partial charge is 0.303 e. The number of aromatic nitrogens is 3. The molecular weight excluding hydrogens is 428 g/mol. The van der Waals surface area contributed by atoms with Crippen LogP contribution in [0, 0.1) is 11.8 Å². The highest BCUT2D eigenvalue weighted by Crippen LogP contribution is 2.48. The molecule has 2 aromatic rings. The van der Waals surface area contributed by atoms with Gasteiger partial charge < -0.3 is 10.0 Å². The molecule has 2 heterocycles. The quantitative estimate of drug-likeness (QED) is 0.590. The van der Waals surface area contributed by atoms with Gasteiger partial charge in [-0.1, -0.05) is 42.7 Å². The van der Waals surface area contributed by atoms with Gasteiger partial charge in [-0.2, -0.15) is 0 Å². The Kier molecular flexibility index (Phi) is 6.70. The number of aryl methyl sites for hydroxylation is 2. The van der Waals surface area contributed by atoms with E-state index >= 15 is 0 Å². The van der Waals surface area contributed by atoms with Crippen LogP contribution in [0.2, 0.25) is 0 Å². The van der Waals surface area contributed by atoms with E-state index in [1.165, 1.54) is 43.2 Å². The van der Waals surface area contributed by atoms with Crippen LogP contribution in [-0.2, 0) is 29.0 Å². The molecule has 0 spiro atoms. The van der Waals surface area contributed by atoms with Gasteiger partial charge in [-0.3, -0.25) is 14.3 Å². The predicted molar refractivity (Wildman–Crippen MR) is 128 cm³/mol. The van der Waals surface area contributed by atoms with Crippen molar-refractivity contribution >= 4 is 11.9 Å². The summed E-state index contributed by atoms with van der Waals surface area (Å²) in [5, 5.41) is 17.9. The van der Waals surface area contributed by atoms with Crippen molar-refractivity contribution in [2.45, 2.75) is 89.6 Å². The maximum absolute atomic E-state index is 13.0. The van der Waals surface area contributed by atoms with Crippen molar-refractivity contribution < 1.29 is 14.7 Å². The number of aliphatic carboxylic acids is 1. The first kappa shape index (κ1) is 23.1. The summed E-state index contributed by atoms with van der Waals surface area (Å²) >= 11 is 0. The molecule has 1 amide bonds. The summed E-state index contributed by atoms with van der Waals surface area (Å²) < 4.78 is 1.80. The van der Waals surface area contributed by atoms with Gasteiger partial charge in [0.2, 0.25) is 5.91 Å². The molecule has 1 unspecified atom stereocenters. The SMILES string of the molecule is CCn1cc(CCC(CC(=O)O)c2ccc3c(c2)[C@@H]2[C@@H](CC(=O)N2CC2CCCCC2)C3)nn1. The lowest BCUT2D eigenvalue weighted by atomic mass is 9.87. The third-order valence-corrected chi connectivity index (χ3v) is 8.24. The summed E-state index contributed by atoms with van der Waals surface area (Å²) in [4.78, 5) is 26.8. The van der Waals surface area contributed by atoms with Gasteiger partial charge in [0.15, 0.2) is 0 Å². The molecule has 1 saturated heterocycles. The first-order valence-corrected chi connectivity index (χ1v) is 13.0. The standard InChI is InChI=1S/C27H36N4O3/c1-2-30-17-23(28-29-30)11-10-20(15-26(33)34)19-8-9-21-12-22-14-25(32)31(27(22)24(21)13-19)16-18-6-4-3-5-7-18/h8-9,13,17-18,20,22,27H,2-7,10-12,14-16H2,1H3,(H,33,34)/t20?,22-,27+/m1/s1. The van der Waals surface area contributed by atoms with Crippen molar-refractivity contribution in [3.05, 3.63) is 46.8 Å². The third kappa shape index (κ3) is 4.75. The van der Waals surface area contributed by atoms with E-state index in [1.807, 2.05) is 13.1 Å². The molecule has 0 radical (unpaired) electrons. The van der Waals surface area contributed by atoms with E-state index in [-0.39, 0.29) is 18.4 Å². The van der Waals surface area contributed by atoms with Crippen LogP contribution in [0.1, 0.15) is 92.6 Å². The van der Waals surface area contributed by atoms with Gasteiger partial charge in [-0.25, -0.2) is 0 Å². The number of rotatable bonds is 9. The Morgan fingerprint density at radius 1 is 1.21 bits per heavy atom. The van der Waals surface area contributed by atoms with Gasteiger partial charge in [-0.05, 0) is 73.5 Å². The van der Waals surface area contributed by atoms with Crippen LogP contribution in [0.15, 0.2) is 24.4 Å². The van der Waals surface area contributed by atoms with Gasteiger partial charge in [0.25, 0.3) is 0 Å². The van der Waals surface area contributed by atoms with Crippen LogP contribution in [0.3, 0.4) is 0 Å². The second kappa shape index (κ2) is 9.88. The number of hydrogen-bond acceptors (Lipinski definition) is 4. The zero-order valence-corrected chi connectivity index (χ0v) is 20.2. The number of carboxylic acid groups (broad SMARTS) is 1. The zero-order chi connectivity index (χ0) is 23.7. The number of benzene rings is 1. The fourth-order valence-corrected chi connectivity index (χ4v) is 6.47. The van der Waals surface area contributed by atoms with E-state index in [9.17, 15) is 14.7 Å². The minimum absolute atomic E-state index is 0.0856. The van der Waals surface area contributed by atoms with Gasteiger partial charge in [0.05, 0.1) is 18.2 Å². The average Bonchev–Trinajstić information content (AvgIpc) is 3.51. The zero-order valence-electron chi connectivity index (χ0n) is 20.2. The molecule has 1 aromatic heterocycles. The van der Waals surface area contributed by atoms with Gasteiger partial charge in [0, 0.05) is 25.7 Å². The molecule has 1 saturated carbocycles. The van der Waals surface area contributed by atoms with Crippen LogP contribution in [0.4, 0.5) is 0 Å². The van der Waals surface area contributed by atoms with Gasteiger partial charge in [-0.15, -0.1) is 5.10 Å². The minimum Gasteiger partial charge on any atom is -0.481 e. The highest BCUT2D eigenvalue weighted by Gasteiger charge is 2.46. The monoisotopic (exact) mass is 464 g/mol. The fourth-order valence-electron chi connectivity index (χ4n) is 6.47. The topological polar surface area (TPSA) is 88.3 Å². The summed E-state index contributed by atoms with van der Waals surface area (Å²) in [6, 6.07) is 6.69. The molecule has 1 N–H and O–H groups in total. The summed E-state index contributed by atoms with van der Waals surface area (Å²) in [6.45, 7) is 3.68. The van der Waals surface area contributed by atoms with Crippen LogP contribution < -0.4 is 0 Å². The van der Waals surface area contributed by atoms with E-state index in [4.69, 9.17) is 0 Å². The van der Waals surface area contributed by atoms with Crippen LogP contribution in [-0.4, -0.2) is 43.4 Å². The van der Waals surface area contributed by atoms with Crippen molar-refractivity contribution in [3.63, 3.8) is 0 Å². The van der Waals surface area contributed by atoms with E-state index in [0.29, 0.717) is 37.0 Å². The highest BCUT2D eigenvalue weighted by molar-refractivity contribution is 5.80. The Hall–Kier alpha value is -2.70. The Balaban J connectivity index is 1.36. The molecule has 34 heavy (non-hydrogen) atoms. The molecule has 2 aliphatic carbocycles. The first-order chi connectivity index (χ1) is 16.5. The third-order valence-electron chi connectivity index (χ3n) is 8.24. The van der Waals surface area contributed by atoms with Gasteiger partial charge >= 0.3 is 5.97 Å². The maximum atomic E-state index is 13.0. The molecule has 5 rings (SSSR count). The maximum Gasteiger partial charge on any atom is 0.303 e. The lowest BCUT2D eigenvalue weighted by molar-refractivity contribution is -0.137. The van der Waals surface area contributed by atoms with Crippen molar-refractivity contribution in [1.82, 2.24) is 19.9 Å². The highest BCUT2D eigenvalue weighted by atomic mass is 16.4. The molecule has 1 aromatic carbocycles. The molecular formula is C27H36N4O3. The van der Waals surface area contributed by atoms with E-state index in [2.05, 4.69) is 33.4 Å². The number of nitrogens with zero attached hydrogens (tertiary/aromatic N) is 4. The normalized spacial score (nSPS) is 23.2. The van der Waals surface area contributed by atoms with E-state index in [0.717, 1.165) is 30.8 Å². The summed E-state index contributed by atoms with van der Waals surface area (Å²) in [5.41, 5.74) is 4.57. The Morgan fingerprint density at radius 2 is 2.03 bits per heavy atom. The molecule has 2 fully saturated rings. The molecule has 0 bridgehead atoms. The number of carbonyl (C=O) groups excluding carboxylic acids is 1. The van der Waals surface area contributed by atoms with Crippen molar-refractivity contribution in [1.29, 1.82) is 0 Å². The summed E-state index contributed by atoms with van der Waals surface area (Å²) in [7, 11) is 0. The Bertz CT molecular complexity index is 1040. The minimum atomic E-state index is -0.782. The number of carbonyl (C=O) groups is 2. The summed E-state index contributed by atoms with van der Waals surface area (Å²) in [5.74, 6) is 0.425. The van der Waals surface area contributed by atoms with Crippen molar-refractivity contribution in [2.75, 3.05) is 6.54 Å². The first-order valence-electron chi connectivity index (χ1n) is 13.0. The molecule has 7 nitrogen and oxygen atoms in total. The Morgan fingerprint density at radius 3 is 2.76 bits per heavy atom. The lowest BCUT2D eigenvalue weighted by Crippen LogP contribution is -2.33. The molecule has 3 atom stereocenters. The van der Waals surface area contributed by atoms with Crippen LogP contribution in [0.5, 0.6) is 0 Å². The van der Waals surface area contributed by atoms with Crippen molar-refractivity contribution in [2.24, 2.45) is 11.8 Å². The Labute approximate surface area is 201 Å². The fraction of sp³-hybridized carbons (Fsp3) is 0.630. The molecule has 3 aliphatic rings. The average molecular weight is 465 g/mol. The second-order valence-corrected chi connectivity index (χ2v) is 10.5. The lowest BCUT2D eigenvalue weighted by Gasteiger charge is -2.31. The predicted octanol–water partition coefficient (Wildman–Crippen LogP) is 4.52. The number of fused-ring (bicyclic) bond motifs is 3. The largest absolute Gasteiger partial charge is 0.481 e. The second-order valence-electron chi connectivity index (χ2n) is 10.5. The number of likely N-dealkylation sites (tertiary alicyclic amines) is 1. The summed E-state index contributed by atoms with van der Waals surface area (Å²) in [6.07, 6.45) is 11.4. The molecule has 7 heteroatoms. The number of hydrogen-bond donors (Lipinski definition) is 1. The molecule has 1 aliphatic heterocycles. The van der Waals surface area contributed by atoms with Crippen LogP contribution in [0.25, 0.3) is 0 Å². The molecule has 182 valence electrons. The van der Waals surface area contributed by atoms with Gasteiger partial charge in [0.1, 0.15) is 0 Å². The number of carboxylic acids is 1. The van der Waals surface area contributed by atoms with E-state index in [1.54, 1.807) is 4.68 Å². The number of amides is 1. The van der Waals surface area contributed by atoms with Crippen LogP contribution >= 0.6 is 0 Å². The van der Waals surface area contributed by atoms with Crippen molar-refractivity contribution in [3.8, 4) is 0 Å².